The molecule has 0 atom stereocenters. The lowest BCUT2D eigenvalue weighted by Gasteiger charge is -2.26. The van der Waals surface area contributed by atoms with Gasteiger partial charge in [0, 0.05) is 5.57 Å². The second-order valence-corrected chi connectivity index (χ2v) is 3.96. The summed E-state index contributed by atoms with van der Waals surface area (Å²) in [4.78, 5) is 9.60. The minimum Gasteiger partial charge on any atom is -0.478 e. The molecule has 0 saturated heterocycles. The van der Waals surface area contributed by atoms with E-state index < -0.39 is 5.97 Å². The van der Waals surface area contributed by atoms with E-state index in [1.54, 1.807) is 0 Å². The summed E-state index contributed by atoms with van der Waals surface area (Å²) in [7, 11) is 4.31. The molecule has 0 aromatic rings. The van der Waals surface area contributed by atoms with Crippen molar-refractivity contribution in [1.82, 2.24) is 0 Å². The van der Waals surface area contributed by atoms with Gasteiger partial charge >= 0.3 is 5.97 Å². The number of hydrogen-bond donors (Lipinski definition) is 1. The summed E-state index contributed by atoms with van der Waals surface area (Å²) >= 11 is 0. The molecule has 3 nitrogen and oxygen atoms in total. The van der Waals surface area contributed by atoms with E-state index in [1.165, 1.54) is 6.92 Å². The van der Waals surface area contributed by atoms with Gasteiger partial charge in [-0.2, -0.15) is 0 Å². The number of likely N-dealkylation sites (N-methyl/N-ethyl adjacent to an activating group) is 1. The zero-order valence-corrected chi connectivity index (χ0v) is 9.99. The molecule has 0 saturated carbocycles. The van der Waals surface area contributed by atoms with Crippen LogP contribution in [0.3, 0.4) is 0 Å². The lowest BCUT2D eigenvalue weighted by molar-refractivity contribution is -0.878. The van der Waals surface area contributed by atoms with Gasteiger partial charge in [0.25, 0.3) is 0 Å². The standard InChI is InChI=1S/C8H16N.C4H6O2/c1-5-7-9(3,4)8-6-2;1-3(2)4(5)6/h5-6H,1-2,7-8H2,3-4H3;1H2,2H3,(H,5,6)/q+1;. The lowest BCUT2D eigenvalue weighted by atomic mass is 10.4. The number of quaternary nitrogens is 1. The first-order valence-corrected chi connectivity index (χ1v) is 4.69. The fraction of sp³-hybridized carbons (Fsp3) is 0.417. The number of carboxylic acid groups (broad SMARTS) is 1. The highest BCUT2D eigenvalue weighted by atomic mass is 16.4. The van der Waals surface area contributed by atoms with Crippen LogP contribution in [0.25, 0.3) is 0 Å². The molecule has 0 rings (SSSR count). The molecule has 0 amide bonds. The van der Waals surface area contributed by atoms with Gasteiger partial charge in [0.05, 0.1) is 27.2 Å². The van der Waals surface area contributed by atoms with E-state index >= 15 is 0 Å². The molecule has 3 heteroatoms. The van der Waals surface area contributed by atoms with Gasteiger partial charge in [0.1, 0.15) is 0 Å². The maximum atomic E-state index is 9.60. The topological polar surface area (TPSA) is 37.3 Å². The van der Waals surface area contributed by atoms with E-state index in [0.29, 0.717) is 0 Å². The predicted molar refractivity (Wildman–Crippen MR) is 64.7 cm³/mol. The number of rotatable bonds is 5. The van der Waals surface area contributed by atoms with E-state index in [1.807, 2.05) is 12.2 Å². The van der Waals surface area contributed by atoms with E-state index in [4.69, 9.17) is 5.11 Å². The molecule has 0 spiro atoms. The SMILES string of the molecule is C=C(C)C(=O)O.C=CC[N+](C)(C)CC=C. The second-order valence-electron chi connectivity index (χ2n) is 3.96. The van der Waals surface area contributed by atoms with Gasteiger partial charge in [-0.05, 0) is 19.1 Å². The van der Waals surface area contributed by atoms with Crippen LogP contribution in [0.2, 0.25) is 0 Å². The smallest absolute Gasteiger partial charge is 0.330 e. The maximum absolute atomic E-state index is 9.60. The first-order valence-electron chi connectivity index (χ1n) is 4.69. The van der Waals surface area contributed by atoms with Crippen LogP contribution in [-0.4, -0.2) is 42.7 Å². The van der Waals surface area contributed by atoms with Crippen LogP contribution >= 0.6 is 0 Å². The maximum Gasteiger partial charge on any atom is 0.330 e. The Morgan fingerprint density at radius 1 is 1.27 bits per heavy atom. The zero-order chi connectivity index (χ0) is 12.5. The summed E-state index contributed by atoms with van der Waals surface area (Å²) < 4.78 is 0.951. The Morgan fingerprint density at radius 3 is 1.67 bits per heavy atom. The molecule has 15 heavy (non-hydrogen) atoms. The summed E-state index contributed by atoms with van der Waals surface area (Å²) in [5.41, 5.74) is 0.176. The van der Waals surface area contributed by atoms with Crippen LogP contribution in [0, 0.1) is 0 Å². The lowest BCUT2D eigenvalue weighted by Crippen LogP contribution is -2.39. The van der Waals surface area contributed by atoms with Gasteiger partial charge in [0.2, 0.25) is 0 Å². The molecule has 0 aliphatic carbocycles. The quantitative estimate of drug-likeness (QED) is 0.430. The van der Waals surface area contributed by atoms with Crippen LogP contribution in [0.4, 0.5) is 0 Å². The summed E-state index contributed by atoms with van der Waals surface area (Å²) in [5.74, 6) is -0.935. The van der Waals surface area contributed by atoms with E-state index in [0.717, 1.165) is 17.6 Å². The third-order valence-electron chi connectivity index (χ3n) is 1.61. The first kappa shape index (κ1) is 16.1. The monoisotopic (exact) mass is 212 g/mol. The Hall–Kier alpha value is -1.35. The molecule has 0 unspecified atom stereocenters. The van der Waals surface area contributed by atoms with Gasteiger partial charge in [-0.15, -0.1) is 0 Å². The summed E-state index contributed by atoms with van der Waals surface area (Å²) in [5, 5.41) is 7.89. The molecular weight excluding hydrogens is 190 g/mol. The highest BCUT2D eigenvalue weighted by Gasteiger charge is 2.07. The molecular formula is C12H22NO2+. The van der Waals surface area contributed by atoms with Crippen molar-refractivity contribution in [3.8, 4) is 0 Å². The Morgan fingerprint density at radius 2 is 1.53 bits per heavy atom. The largest absolute Gasteiger partial charge is 0.478 e. The Labute approximate surface area is 92.6 Å². The molecule has 0 aliphatic rings. The van der Waals surface area contributed by atoms with E-state index in [9.17, 15) is 4.79 Å². The molecule has 0 aromatic carbocycles. The third-order valence-corrected chi connectivity index (χ3v) is 1.61. The minimum atomic E-state index is -0.935. The summed E-state index contributed by atoms with van der Waals surface area (Å²) in [6.07, 6.45) is 3.87. The predicted octanol–water partition coefficient (Wildman–Crippen LogP) is 2.08. The van der Waals surface area contributed by atoms with Crippen molar-refractivity contribution in [2.75, 3.05) is 27.2 Å². The molecule has 0 radical (unpaired) electrons. The Balaban J connectivity index is 0. The van der Waals surface area contributed by atoms with Gasteiger partial charge in [-0.1, -0.05) is 19.7 Å². The van der Waals surface area contributed by atoms with Gasteiger partial charge in [-0.3, -0.25) is 0 Å². The van der Waals surface area contributed by atoms with E-state index in [-0.39, 0.29) is 5.57 Å². The minimum absolute atomic E-state index is 0.176. The van der Waals surface area contributed by atoms with Crippen LogP contribution in [0.1, 0.15) is 6.92 Å². The zero-order valence-electron chi connectivity index (χ0n) is 9.99. The van der Waals surface area contributed by atoms with E-state index in [2.05, 4.69) is 33.8 Å². The van der Waals surface area contributed by atoms with Crippen molar-refractivity contribution < 1.29 is 14.4 Å². The molecule has 1 N–H and O–H groups in total. The summed E-state index contributed by atoms with van der Waals surface area (Å²) in [6.45, 7) is 14.0. The Bertz CT molecular complexity index is 218. The summed E-state index contributed by atoms with van der Waals surface area (Å²) in [6, 6.07) is 0. The second kappa shape index (κ2) is 8.00. The van der Waals surface area contributed by atoms with Crippen LogP contribution < -0.4 is 0 Å². The average Bonchev–Trinajstić information content (AvgIpc) is 2.04. The van der Waals surface area contributed by atoms with Gasteiger partial charge in [-0.25, -0.2) is 4.79 Å². The molecule has 86 valence electrons. The number of carboxylic acids is 1. The van der Waals surface area contributed by atoms with Gasteiger partial charge in [0.15, 0.2) is 0 Å². The van der Waals surface area contributed by atoms with Crippen LogP contribution in [0.15, 0.2) is 37.5 Å². The molecule has 0 aromatic heterocycles. The third kappa shape index (κ3) is 12.6. The number of carbonyl (C=O) groups is 1. The fourth-order valence-electron chi connectivity index (χ4n) is 0.774. The van der Waals surface area contributed by atoms with Crippen molar-refractivity contribution in [2.24, 2.45) is 0 Å². The van der Waals surface area contributed by atoms with Crippen molar-refractivity contribution in [2.45, 2.75) is 6.92 Å². The average molecular weight is 212 g/mol. The van der Waals surface area contributed by atoms with Crippen LogP contribution in [0.5, 0.6) is 0 Å². The highest BCUT2D eigenvalue weighted by molar-refractivity contribution is 5.84. The molecule has 0 aliphatic heterocycles. The van der Waals surface area contributed by atoms with Crippen molar-refractivity contribution in [1.29, 1.82) is 0 Å². The molecule has 0 fully saturated rings. The number of nitrogens with zero attached hydrogens (tertiary/aromatic N) is 1. The normalized spacial score (nSPS) is 9.53. The van der Waals surface area contributed by atoms with Crippen molar-refractivity contribution >= 4 is 5.97 Å². The fourth-order valence-corrected chi connectivity index (χ4v) is 0.774. The highest BCUT2D eigenvalue weighted by Crippen LogP contribution is 1.95. The Kier molecular flexibility index (Phi) is 8.58. The van der Waals surface area contributed by atoms with Crippen molar-refractivity contribution in [3.63, 3.8) is 0 Å². The van der Waals surface area contributed by atoms with Crippen molar-refractivity contribution in [3.05, 3.63) is 37.5 Å². The van der Waals surface area contributed by atoms with Crippen LogP contribution in [-0.2, 0) is 4.79 Å². The molecule has 0 heterocycles. The molecule has 0 bridgehead atoms. The number of aliphatic carboxylic acids is 1. The number of hydrogen-bond acceptors (Lipinski definition) is 1. The first-order chi connectivity index (χ1) is 6.76. The van der Waals surface area contributed by atoms with Gasteiger partial charge < -0.3 is 9.59 Å².